The highest BCUT2D eigenvalue weighted by atomic mass is 32.1. The van der Waals surface area contributed by atoms with Crippen LogP contribution in [0.2, 0.25) is 0 Å². The summed E-state index contributed by atoms with van der Waals surface area (Å²) in [5.74, 6) is 1.67. The summed E-state index contributed by atoms with van der Waals surface area (Å²) < 4.78 is 7.62. The predicted octanol–water partition coefficient (Wildman–Crippen LogP) is 3.39. The molecule has 0 spiro atoms. The number of thiocarbonyl (C=S) groups is 1. The van der Waals surface area contributed by atoms with Gasteiger partial charge in [0.05, 0.1) is 28.7 Å². The summed E-state index contributed by atoms with van der Waals surface area (Å²) in [5, 5.41) is 0. The van der Waals surface area contributed by atoms with E-state index in [2.05, 4.69) is 10.6 Å². The van der Waals surface area contributed by atoms with E-state index in [1.54, 1.807) is 7.11 Å². The van der Waals surface area contributed by atoms with E-state index in [0.717, 1.165) is 28.2 Å². The number of ether oxygens (including phenoxy) is 1. The SMILES string of the molecule is COc1ccccc1-c1nc2ccccc2n1CCC(N)=S. The van der Waals surface area contributed by atoms with Gasteiger partial charge in [-0.15, -0.1) is 0 Å². The summed E-state index contributed by atoms with van der Waals surface area (Å²) in [4.78, 5) is 5.27. The largest absolute Gasteiger partial charge is 0.496 e. The first-order valence-electron chi connectivity index (χ1n) is 7.07. The molecule has 0 saturated carbocycles. The molecular weight excluding hydrogens is 294 g/mol. The Balaban J connectivity index is 2.19. The van der Waals surface area contributed by atoms with E-state index < -0.39 is 0 Å². The van der Waals surface area contributed by atoms with Crippen molar-refractivity contribution in [1.82, 2.24) is 9.55 Å². The average Bonchev–Trinajstić information content (AvgIpc) is 2.91. The maximum Gasteiger partial charge on any atom is 0.144 e. The van der Waals surface area contributed by atoms with Crippen molar-refractivity contribution in [2.24, 2.45) is 5.73 Å². The lowest BCUT2D eigenvalue weighted by Crippen LogP contribution is -2.12. The van der Waals surface area contributed by atoms with Gasteiger partial charge in [-0.05, 0) is 24.3 Å². The third-order valence-electron chi connectivity index (χ3n) is 3.58. The van der Waals surface area contributed by atoms with Crippen LogP contribution in [-0.4, -0.2) is 21.6 Å². The summed E-state index contributed by atoms with van der Waals surface area (Å²) in [7, 11) is 1.67. The minimum Gasteiger partial charge on any atom is -0.496 e. The van der Waals surface area contributed by atoms with E-state index in [9.17, 15) is 0 Å². The van der Waals surface area contributed by atoms with Gasteiger partial charge in [0.25, 0.3) is 0 Å². The van der Waals surface area contributed by atoms with Crippen molar-refractivity contribution in [2.75, 3.05) is 7.11 Å². The van der Waals surface area contributed by atoms with Crippen LogP contribution in [0.1, 0.15) is 6.42 Å². The molecule has 0 radical (unpaired) electrons. The molecule has 1 aromatic heterocycles. The number of imidazole rings is 1. The third-order valence-corrected chi connectivity index (χ3v) is 3.79. The minimum atomic E-state index is 0.503. The normalized spacial score (nSPS) is 10.8. The number of benzene rings is 2. The fraction of sp³-hybridized carbons (Fsp3) is 0.176. The van der Waals surface area contributed by atoms with Gasteiger partial charge in [0.1, 0.15) is 11.6 Å². The lowest BCUT2D eigenvalue weighted by atomic mass is 10.2. The van der Waals surface area contributed by atoms with E-state index in [1.807, 2.05) is 42.5 Å². The Kier molecular flexibility index (Phi) is 4.06. The average molecular weight is 311 g/mol. The van der Waals surface area contributed by atoms with Gasteiger partial charge in [-0.2, -0.15) is 0 Å². The second-order valence-corrected chi connectivity index (χ2v) is 5.52. The van der Waals surface area contributed by atoms with Crippen molar-refractivity contribution in [2.45, 2.75) is 13.0 Å². The smallest absolute Gasteiger partial charge is 0.144 e. The molecule has 1 heterocycles. The fourth-order valence-electron chi connectivity index (χ4n) is 2.56. The summed E-state index contributed by atoms with van der Waals surface area (Å²) in [6.45, 7) is 0.698. The maximum atomic E-state index is 5.67. The van der Waals surface area contributed by atoms with Gasteiger partial charge in [-0.3, -0.25) is 0 Å². The van der Waals surface area contributed by atoms with Crippen LogP contribution in [0.3, 0.4) is 0 Å². The molecule has 0 saturated heterocycles. The molecule has 3 rings (SSSR count). The van der Waals surface area contributed by atoms with Gasteiger partial charge in [0.2, 0.25) is 0 Å². The molecule has 112 valence electrons. The molecule has 0 atom stereocenters. The third kappa shape index (κ3) is 2.67. The molecule has 2 N–H and O–H groups in total. The predicted molar refractivity (Wildman–Crippen MR) is 93.1 cm³/mol. The number of hydrogen-bond donors (Lipinski definition) is 1. The summed E-state index contributed by atoms with van der Waals surface area (Å²) >= 11 is 5.02. The Labute approximate surface area is 134 Å². The zero-order valence-electron chi connectivity index (χ0n) is 12.3. The molecule has 22 heavy (non-hydrogen) atoms. The number of fused-ring (bicyclic) bond motifs is 1. The second-order valence-electron chi connectivity index (χ2n) is 4.99. The van der Waals surface area contributed by atoms with E-state index in [-0.39, 0.29) is 0 Å². The summed E-state index contributed by atoms with van der Waals surface area (Å²) in [6, 6.07) is 15.9. The van der Waals surface area contributed by atoms with Crippen LogP contribution in [0.4, 0.5) is 0 Å². The van der Waals surface area contributed by atoms with Crippen molar-refractivity contribution < 1.29 is 4.74 Å². The van der Waals surface area contributed by atoms with Crippen LogP contribution in [0, 0.1) is 0 Å². The molecular formula is C17H17N3OS. The van der Waals surface area contributed by atoms with Crippen LogP contribution in [0.5, 0.6) is 5.75 Å². The monoisotopic (exact) mass is 311 g/mol. The van der Waals surface area contributed by atoms with Crippen LogP contribution in [0.25, 0.3) is 22.4 Å². The Morgan fingerprint density at radius 2 is 1.91 bits per heavy atom. The molecule has 0 bridgehead atoms. The van der Waals surface area contributed by atoms with E-state index in [4.69, 9.17) is 27.7 Å². The van der Waals surface area contributed by atoms with Crippen molar-refractivity contribution in [3.63, 3.8) is 0 Å². The molecule has 3 aromatic rings. The molecule has 0 fully saturated rings. The number of aromatic nitrogens is 2. The van der Waals surface area contributed by atoms with Crippen LogP contribution in [-0.2, 0) is 6.54 Å². The Bertz CT molecular complexity index is 826. The van der Waals surface area contributed by atoms with Gasteiger partial charge in [-0.25, -0.2) is 4.98 Å². The summed E-state index contributed by atoms with van der Waals surface area (Å²) in [5.41, 5.74) is 8.65. The highest BCUT2D eigenvalue weighted by Gasteiger charge is 2.15. The zero-order chi connectivity index (χ0) is 15.5. The van der Waals surface area contributed by atoms with Crippen LogP contribution < -0.4 is 10.5 Å². The number of methoxy groups -OCH3 is 1. The summed E-state index contributed by atoms with van der Waals surface area (Å²) in [6.07, 6.45) is 0.637. The molecule has 2 aromatic carbocycles. The molecule has 0 amide bonds. The molecule has 0 aliphatic heterocycles. The number of nitrogens with two attached hydrogens (primary N) is 1. The van der Waals surface area contributed by atoms with Gasteiger partial charge in [-0.1, -0.05) is 36.5 Å². The highest BCUT2D eigenvalue weighted by molar-refractivity contribution is 7.80. The quantitative estimate of drug-likeness (QED) is 0.734. The van der Waals surface area contributed by atoms with Crippen molar-refractivity contribution in [3.8, 4) is 17.1 Å². The zero-order valence-corrected chi connectivity index (χ0v) is 13.1. The lowest BCUT2D eigenvalue weighted by molar-refractivity contribution is 0.416. The second kappa shape index (κ2) is 6.15. The van der Waals surface area contributed by atoms with Crippen molar-refractivity contribution in [1.29, 1.82) is 0 Å². The van der Waals surface area contributed by atoms with Crippen molar-refractivity contribution >= 4 is 28.2 Å². The number of aryl methyl sites for hydroxylation is 1. The van der Waals surface area contributed by atoms with Gasteiger partial charge < -0.3 is 15.0 Å². The minimum absolute atomic E-state index is 0.503. The van der Waals surface area contributed by atoms with E-state index >= 15 is 0 Å². The maximum absolute atomic E-state index is 5.67. The van der Waals surface area contributed by atoms with Crippen molar-refractivity contribution in [3.05, 3.63) is 48.5 Å². The number of para-hydroxylation sites is 3. The van der Waals surface area contributed by atoms with E-state index in [0.29, 0.717) is 18.0 Å². The molecule has 5 heteroatoms. The number of hydrogen-bond acceptors (Lipinski definition) is 3. The van der Waals surface area contributed by atoms with E-state index in [1.165, 1.54) is 0 Å². The molecule has 0 unspecified atom stereocenters. The molecule has 0 aliphatic rings. The first-order chi connectivity index (χ1) is 10.7. The van der Waals surface area contributed by atoms with Gasteiger partial charge in [0.15, 0.2) is 0 Å². The molecule has 4 nitrogen and oxygen atoms in total. The fourth-order valence-corrected chi connectivity index (χ4v) is 2.65. The Hall–Kier alpha value is -2.40. The van der Waals surface area contributed by atoms with Gasteiger partial charge >= 0.3 is 0 Å². The van der Waals surface area contributed by atoms with Gasteiger partial charge in [0, 0.05) is 13.0 Å². The standard InChI is InChI=1S/C17H17N3OS/c1-21-15-9-5-2-6-12(15)17-19-13-7-3-4-8-14(13)20(17)11-10-16(18)22/h2-9H,10-11H2,1H3,(H2,18,22). The van der Waals surface area contributed by atoms with Crippen LogP contribution in [0.15, 0.2) is 48.5 Å². The lowest BCUT2D eigenvalue weighted by Gasteiger charge is -2.11. The number of rotatable bonds is 5. The first-order valence-corrected chi connectivity index (χ1v) is 7.48. The molecule has 0 aliphatic carbocycles. The Morgan fingerprint density at radius 3 is 2.68 bits per heavy atom. The topological polar surface area (TPSA) is 53.1 Å². The number of nitrogens with zero attached hydrogens (tertiary/aromatic N) is 2. The highest BCUT2D eigenvalue weighted by Crippen LogP contribution is 2.31. The Morgan fingerprint density at radius 1 is 1.18 bits per heavy atom. The van der Waals surface area contributed by atoms with Crippen LogP contribution >= 0.6 is 12.2 Å². The first kappa shape index (κ1) is 14.5.